The van der Waals surface area contributed by atoms with Gasteiger partial charge in [0.05, 0.1) is 5.56 Å². The van der Waals surface area contributed by atoms with E-state index in [1.54, 1.807) is 38.1 Å². The monoisotopic (exact) mass is 293 g/mol. The predicted molar refractivity (Wildman–Crippen MR) is 85.0 cm³/mol. The van der Waals surface area contributed by atoms with Gasteiger partial charge in [-0.25, -0.2) is 4.98 Å². The fourth-order valence-electron chi connectivity index (χ4n) is 2.02. The molecule has 0 aliphatic heterocycles. The summed E-state index contributed by atoms with van der Waals surface area (Å²) in [6, 6.07) is 8.54. The highest BCUT2D eigenvalue weighted by Gasteiger charge is 2.13. The van der Waals surface area contributed by atoms with Gasteiger partial charge in [0, 0.05) is 28.8 Å². The molecular weight excluding hydrogens is 278 g/mol. The van der Waals surface area contributed by atoms with Crippen LogP contribution in [0.15, 0.2) is 30.5 Å². The van der Waals surface area contributed by atoms with Crippen molar-refractivity contribution in [1.29, 1.82) is 10.7 Å². The topological polar surface area (TPSA) is 116 Å². The van der Waals surface area contributed by atoms with E-state index in [4.69, 9.17) is 16.4 Å². The Kier molecular flexibility index (Phi) is 4.18. The molecule has 6 heteroatoms. The number of nitrogens with zero attached hydrogens (tertiary/aromatic N) is 2. The van der Waals surface area contributed by atoms with Gasteiger partial charge in [0.15, 0.2) is 0 Å². The Morgan fingerprint density at radius 3 is 2.73 bits per heavy atom. The minimum atomic E-state index is -0.375. The number of amides is 1. The number of benzene rings is 1. The van der Waals surface area contributed by atoms with Gasteiger partial charge in [0.2, 0.25) is 0 Å². The van der Waals surface area contributed by atoms with Crippen LogP contribution in [0.3, 0.4) is 0 Å². The fraction of sp³-hybridized carbons (Fsp3) is 0.125. The molecule has 0 aliphatic carbocycles. The van der Waals surface area contributed by atoms with Gasteiger partial charge in [0.1, 0.15) is 11.8 Å². The molecule has 1 aromatic carbocycles. The maximum absolute atomic E-state index is 12.3. The van der Waals surface area contributed by atoms with Crippen LogP contribution in [0.5, 0.6) is 0 Å². The van der Waals surface area contributed by atoms with Crippen LogP contribution >= 0.6 is 0 Å². The van der Waals surface area contributed by atoms with E-state index in [-0.39, 0.29) is 11.6 Å². The number of nitriles is 1. The first-order valence-electron chi connectivity index (χ1n) is 6.55. The zero-order valence-corrected chi connectivity index (χ0v) is 12.3. The fourth-order valence-corrected chi connectivity index (χ4v) is 2.02. The lowest BCUT2D eigenvalue weighted by molar-refractivity contribution is 0.102. The zero-order chi connectivity index (χ0) is 16.3. The molecule has 110 valence electrons. The van der Waals surface area contributed by atoms with Crippen molar-refractivity contribution < 1.29 is 4.79 Å². The van der Waals surface area contributed by atoms with Crippen LogP contribution in [-0.4, -0.2) is 16.6 Å². The van der Waals surface area contributed by atoms with E-state index in [9.17, 15) is 4.79 Å². The SMILES string of the molecule is CC(=N)c1cc(NC(=O)c2ncc(C#N)cc2C)ccc1N. The van der Waals surface area contributed by atoms with Gasteiger partial charge in [-0.1, -0.05) is 0 Å². The summed E-state index contributed by atoms with van der Waals surface area (Å²) in [4.78, 5) is 16.3. The Bertz CT molecular complexity index is 805. The number of nitrogens with one attached hydrogen (secondary N) is 2. The first kappa shape index (κ1) is 15.2. The Hall–Kier alpha value is -3.20. The quantitative estimate of drug-likeness (QED) is 0.595. The summed E-state index contributed by atoms with van der Waals surface area (Å²) in [5, 5.41) is 19.2. The molecular formula is C16H15N5O. The largest absolute Gasteiger partial charge is 0.398 e. The van der Waals surface area contributed by atoms with E-state index in [0.29, 0.717) is 33.8 Å². The van der Waals surface area contributed by atoms with Crippen molar-refractivity contribution in [3.63, 3.8) is 0 Å². The predicted octanol–water partition coefficient (Wildman–Crippen LogP) is 2.48. The Morgan fingerprint density at radius 1 is 1.41 bits per heavy atom. The minimum absolute atomic E-state index is 0.254. The lowest BCUT2D eigenvalue weighted by atomic mass is 10.1. The first-order chi connectivity index (χ1) is 10.4. The van der Waals surface area contributed by atoms with Crippen molar-refractivity contribution in [2.24, 2.45) is 0 Å². The van der Waals surface area contributed by atoms with Gasteiger partial charge in [-0.05, 0) is 43.7 Å². The molecule has 1 aromatic heterocycles. The molecule has 2 rings (SSSR count). The molecule has 0 spiro atoms. The number of rotatable bonds is 3. The number of carbonyl (C=O) groups is 1. The standard InChI is InChI=1S/C16H15N5O/c1-9-5-11(7-17)8-20-15(9)16(22)21-12-3-4-14(19)13(6-12)10(2)18/h3-6,8,18H,19H2,1-2H3,(H,21,22). The molecule has 0 atom stereocenters. The summed E-state index contributed by atoms with van der Waals surface area (Å²) >= 11 is 0. The second kappa shape index (κ2) is 6.06. The van der Waals surface area contributed by atoms with Crippen molar-refractivity contribution in [3.05, 3.63) is 52.8 Å². The molecule has 6 nitrogen and oxygen atoms in total. The molecule has 0 saturated heterocycles. The van der Waals surface area contributed by atoms with Crippen molar-refractivity contribution in [1.82, 2.24) is 4.98 Å². The normalized spacial score (nSPS) is 9.86. The summed E-state index contributed by atoms with van der Waals surface area (Å²) < 4.78 is 0. The Balaban J connectivity index is 2.28. The summed E-state index contributed by atoms with van der Waals surface area (Å²) in [7, 11) is 0. The van der Waals surface area contributed by atoms with Crippen LogP contribution in [0.4, 0.5) is 11.4 Å². The molecule has 0 radical (unpaired) electrons. The number of pyridine rings is 1. The summed E-state index contributed by atoms with van der Waals surface area (Å²) in [5.41, 5.74) is 8.98. The number of nitrogens with two attached hydrogens (primary N) is 1. The number of carbonyl (C=O) groups excluding carboxylic acids is 1. The molecule has 0 fully saturated rings. The summed E-state index contributed by atoms with van der Waals surface area (Å²) in [6.45, 7) is 3.35. The number of hydrogen-bond donors (Lipinski definition) is 3. The third-order valence-corrected chi connectivity index (χ3v) is 3.14. The number of nitrogen functional groups attached to an aromatic ring is 1. The van der Waals surface area contributed by atoms with Gasteiger partial charge >= 0.3 is 0 Å². The van der Waals surface area contributed by atoms with Gasteiger partial charge < -0.3 is 16.5 Å². The van der Waals surface area contributed by atoms with E-state index in [0.717, 1.165) is 0 Å². The third-order valence-electron chi connectivity index (χ3n) is 3.14. The Labute approximate surface area is 128 Å². The summed E-state index contributed by atoms with van der Waals surface area (Å²) in [5.74, 6) is -0.375. The van der Waals surface area contributed by atoms with Crippen molar-refractivity contribution in [2.45, 2.75) is 13.8 Å². The average Bonchev–Trinajstić information content (AvgIpc) is 2.48. The van der Waals surface area contributed by atoms with Crippen LogP contribution in [0.1, 0.15) is 34.1 Å². The second-order valence-electron chi connectivity index (χ2n) is 4.88. The van der Waals surface area contributed by atoms with Crippen molar-refractivity contribution in [2.75, 3.05) is 11.1 Å². The zero-order valence-electron chi connectivity index (χ0n) is 12.3. The van der Waals surface area contributed by atoms with Gasteiger partial charge in [-0.2, -0.15) is 5.26 Å². The highest BCUT2D eigenvalue weighted by atomic mass is 16.1. The number of aromatic nitrogens is 1. The number of aryl methyl sites for hydroxylation is 1. The van der Waals surface area contributed by atoms with E-state index in [1.807, 2.05) is 6.07 Å². The van der Waals surface area contributed by atoms with E-state index >= 15 is 0 Å². The van der Waals surface area contributed by atoms with E-state index in [2.05, 4.69) is 10.3 Å². The maximum atomic E-state index is 12.3. The van der Waals surface area contributed by atoms with Gasteiger partial charge in [0.25, 0.3) is 5.91 Å². The van der Waals surface area contributed by atoms with Gasteiger partial charge in [-0.3, -0.25) is 4.79 Å². The smallest absolute Gasteiger partial charge is 0.274 e. The van der Waals surface area contributed by atoms with Crippen LogP contribution in [-0.2, 0) is 0 Å². The van der Waals surface area contributed by atoms with Crippen molar-refractivity contribution >= 4 is 23.0 Å². The molecule has 0 unspecified atom stereocenters. The molecule has 1 amide bonds. The van der Waals surface area contributed by atoms with Crippen LogP contribution < -0.4 is 11.1 Å². The molecule has 22 heavy (non-hydrogen) atoms. The average molecular weight is 293 g/mol. The highest BCUT2D eigenvalue weighted by molar-refractivity contribution is 6.06. The van der Waals surface area contributed by atoms with Crippen molar-refractivity contribution in [3.8, 4) is 6.07 Å². The molecule has 0 aliphatic rings. The van der Waals surface area contributed by atoms with E-state index < -0.39 is 0 Å². The molecule has 2 aromatic rings. The minimum Gasteiger partial charge on any atom is -0.398 e. The summed E-state index contributed by atoms with van der Waals surface area (Å²) in [6.07, 6.45) is 1.36. The lowest BCUT2D eigenvalue weighted by Gasteiger charge is -2.10. The van der Waals surface area contributed by atoms with Crippen LogP contribution in [0, 0.1) is 23.7 Å². The van der Waals surface area contributed by atoms with E-state index in [1.165, 1.54) is 6.20 Å². The van der Waals surface area contributed by atoms with Crippen LogP contribution in [0.25, 0.3) is 0 Å². The Morgan fingerprint density at radius 2 is 2.14 bits per heavy atom. The van der Waals surface area contributed by atoms with Gasteiger partial charge in [-0.15, -0.1) is 0 Å². The lowest BCUT2D eigenvalue weighted by Crippen LogP contribution is -2.16. The third kappa shape index (κ3) is 3.10. The molecule has 1 heterocycles. The first-order valence-corrected chi connectivity index (χ1v) is 6.55. The second-order valence-corrected chi connectivity index (χ2v) is 4.88. The number of hydrogen-bond acceptors (Lipinski definition) is 5. The highest BCUT2D eigenvalue weighted by Crippen LogP contribution is 2.19. The maximum Gasteiger partial charge on any atom is 0.274 e. The molecule has 4 N–H and O–H groups in total. The number of anilines is 2. The molecule has 0 saturated carbocycles. The van der Waals surface area contributed by atoms with Crippen LogP contribution in [0.2, 0.25) is 0 Å². The molecule has 0 bridgehead atoms.